The summed E-state index contributed by atoms with van der Waals surface area (Å²) in [7, 11) is 0. The van der Waals surface area contributed by atoms with Gasteiger partial charge in [-0.3, -0.25) is 14.6 Å². The lowest BCUT2D eigenvalue weighted by Crippen LogP contribution is -2.06. The Kier molecular flexibility index (Phi) is 5.10. The first kappa shape index (κ1) is 19.4. The van der Waals surface area contributed by atoms with Crippen LogP contribution in [0.2, 0.25) is 0 Å². The fourth-order valence-electron chi connectivity index (χ4n) is 3.91. The van der Waals surface area contributed by atoms with Gasteiger partial charge < -0.3 is 20.1 Å². The molecule has 0 saturated heterocycles. The number of aliphatic carboxylic acids is 1. The number of rotatable bonds is 7. The van der Waals surface area contributed by atoms with Crippen molar-refractivity contribution in [3.05, 3.63) is 65.5 Å². The van der Waals surface area contributed by atoms with Crippen LogP contribution >= 0.6 is 0 Å². The van der Waals surface area contributed by atoms with Gasteiger partial charge in [0.05, 0.1) is 40.9 Å². The van der Waals surface area contributed by atoms with E-state index < -0.39 is 5.97 Å². The van der Waals surface area contributed by atoms with Crippen molar-refractivity contribution in [3.63, 3.8) is 0 Å². The monoisotopic (exact) mass is 403 g/mol. The summed E-state index contributed by atoms with van der Waals surface area (Å²) in [6.45, 7) is 2.64. The van der Waals surface area contributed by atoms with Gasteiger partial charge in [-0.2, -0.15) is 0 Å². The maximum atomic E-state index is 11.3. The van der Waals surface area contributed by atoms with Gasteiger partial charge in [-0.15, -0.1) is 0 Å². The molecule has 0 atom stereocenters. The molecule has 0 aliphatic carbocycles. The number of nitrogens with one attached hydrogen (secondary N) is 1. The SMILES string of the molecule is CCc1ccc(Cn2c3cncc(O)c3c3c(NC=O)c(CC(=O)O)ccc32)cc1. The summed E-state index contributed by atoms with van der Waals surface area (Å²) in [5.41, 5.74) is 4.64. The average molecular weight is 403 g/mol. The van der Waals surface area contributed by atoms with Crippen LogP contribution in [0.1, 0.15) is 23.6 Å². The molecule has 2 heterocycles. The Balaban J connectivity index is 1.99. The number of aromatic hydroxyl groups is 1. The maximum Gasteiger partial charge on any atom is 0.307 e. The van der Waals surface area contributed by atoms with E-state index in [1.54, 1.807) is 12.3 Å². The number of carbonyl (C=O) groups is 2. The van der Waals surface area contributed by atoms with E-state index in [2.05, 4.69) is 41.5 Å². The van der Waals surface area contributed by atoms with Gasteiger partial charge in [-0.1, -0.05) is 37.3 Å². The number of aromatic nitrogens is 2. The van der Waals surface area contributed by atoms with Crippen LogP contribution in [0.15, 0.2) is 48.8 Å². The largest absolute Gasteiger partial charge is 0.506 e. The number of benzene rings is 2. The first-order valence-corrected chi connectivity index (χ1v) is 9.64. The summed E-state index contributed by atoms with van der Waals surface area (Å²) >= 11 is 0. The number of hydrogen-bond donors (Lipinski definition) is 3. The highest BCUT2D eigenvalue weighted by Crippen LogP contribution is 2.40. The Labute approximate surface area is 172 Å². The number of amides is 1. The van der Waals surface area contributed by atoms with E-state index >= 15 is 0 Å². The smallest absolute Gasteiger partial charge is 0.307 e. The first-order valence-electron chi connectivity index (χ1n) is 9.64. The summed E-state index contributed by atoms with van der Waals surface area (Å²) < 4.78 is 2.01. The molecule has 0 aliphatic heterocycles. The van der Waals surface area contributed by atoms with E-state index in [1.165, 1.54) is 11.8 Å². The third-order valence-corrected chi connectivity index (χ3v) is 5.32. The van der Waals surface area contributed by atoms with E-state index in [-0.39, 0.29) is 12.2 Å². The number of aryl methyl sites for hydroxylation is 1. The van der Waals surface area contributed by atoms with Gasteiger partial charge in [0.15, 0.2) is 0 Å². The zero-order valence-electron chi connectivity index (χ0n) is 16.4. The van der Waals surface area contributed by atoms with Gasteiger partial charge in [-0.05, 0) is 29.2 Å². The fourth-order valence-corrected chi connectivity index (χ4v) is 3.91. The summed E-state index contributed by atoms with van der Waals surface area (Å²) in [6, 6.07) is 11.8. The van der Waals surface area contributed by atoms with Crippen molar-refractivity contribution in [3.8, 4) is 5.75 Å². The Bertz CT molecular complexity index is 1260. The third kappa shape index (κ3) is 3.34. The molecule has 0 fully saturated rings. The molecule has 4 rings (SSSR count). The van der Waals surface area contributed by atoms with Gasteiger partial charge in [0.2, 0.25) is 6.41 Å². The molecule has 30 heavy (non-hydrogen) atoms. The quantitative estimate of drug-likeness (QED) is 0.408. The van der Waals surface area contributed by atoms with Crippen molar-refractivity contribution >= 4 is 39.9 Å². The second-order valence-corrected chi connectivity index (χ2v) is 7.14. The van der Waals surface area contributed by atoms with Crippen LogP contribution in [-0.4, -0.2) is 32.1 Å². The Morgan fingerprint density at radius 3 is 2.47 bits per heavy atom. The Hall–Kier alpha value is -3.87. The number of anilines is 1. The zero-order valence-corrected chi connectivity index (χ0v) is 16.4. The number of pyridine rings is 1. The molecular formula is C23H21N3O4. The van der Waals surface area contributed by atoms with Gasteiger partial charge in [0.25, 0.3) is 0 Å². The molecule has 0 radical (unpaired) electrons. The molecular weight excluding hydrogens is 382 g/mol. The van der Waals surface area contributed by atoms with Crippen LogP contribution in [0, 0.1) is 0 Å². The molecule has 7 nitrogen and oxygen atoms in total. The number of carboxylic acids is 1. The average Bonchev–Trinajstić information content (AvgIpc) is 3.05. The van der Waals surface area contributed by atoms with E-state index in [0.717, 1.165) is 17.5 Å². The predicted molar refractivity (Wildman–Crippen MR) is 115 cm³/mol. The molecule has 2 aromatic heterocycles. The molecule has 0 saturated carbocycles. The van der Waals surface area contributed by atoms with Crippen molar-refractivity contribution < 1.29 is 19.8 Å². The van der Waals surface area contributed by atoms with Gasteiger partial charge >= 0.3 is 5.97 Å². The molecule has 2 aromatic carbocycles. The lowest BCUT2D eigenvalue weighted by Gasteiger charge is -2.11. The third-order valence-electron chi connectivity index (χ3n) is 5.32. The van der Waals surface area contributed by atoms with Crippen molar-refractivity contribution in [2.75, 3.05) is 5.32 Å². The van der Waals surface area contributed by atoms with Crippen LogP contribution in [0.25, 0.3) is 21.8 Å². The van der Waals surface area contributed by atoms with E-state index in [4.69, 9.17) is 0 Å². The molecule has 0 spiro atoms. The van der Waals surface area contributed by atoms with Gasteiger partial charge in [-0.25, -0.2) is 0 Å². The second kappa shape index (κ2) is 7.87. The minimum Gasteiger partial charge on any atom is -0.506 e. The van der Waals surface area contributed by atoms with Crippen LogP contribution in [0.4, 0.5) is 5.69 Å². The normalized spacial score (nSPS) is 11.1. The standard InChI is InChI=1S/C23H21N3O4/c1-2-14-3-5-15(6-4-14)12-26-17-8-7-16(9-20(29)30)23(25-13-27)22(17)21-18(26)10-24-11-19(21)28/h3-8,10-11,13,28H,2,9,12H2,1H3,(H,25,27)(H,29,30). The number of fused-ring (bicyclic) bond motifs is 3. The molecule has 0 unspecified atom stereocenters. The Morgan fingerprint density at radius 1 is 1.07 bits per heavy atom. The molecule has 4 aromatic rings. The fraction of sp³-hybridized carbons (Fsp3) is 0.174. The summed E-state index contributed by atoms with van der Waals surface area (Å²) in [4.78, 5) is 26.7. The minimum absolute atomic E-state index is 0.0287. The summed E-state index contributed by atoms with van der Waals surface area (Å²) in [6.07, 6.45) is 4.24. The second-order valence-electron chi connectivity index (χ2n) is 7.14. The van der Waals surface area contributed by atoms with Gasteiger partial charge in [0, 0.05) is 11.9 Å². The molecule has 0 bridgehead atoms. The number of hydrogen-bond acceptors (Lipinski definition) is 4. The van der Waals surface area contributed by atoms with Crippen LogP contribution in [-0.2, 0) is 29.0 Å². The van der Waals surface area contributed by atoms with Crippen molar-refractivity contribution in [2.24, 2.45) is 0 Å². The molecule has 7 heteroatoms. The van der Waals surface area contributed by atoms with Crippen molar-refractivity contribution in [1.82, 2.24) is 9.55 Å². The van der Waals surface area contributed by atoms with Crippen LogP contribution < -0.4 is 5.32 Å². The summed E-state index contributed by atoms with van der Waals surface area (Å²) in [5, 5.41) is 23.6. The molecule has 3 N–H and O–H groups in total. The predicted octanol–water partition coefficient (Wildman–Crippen LogP) is 3.70. The molecule has 152 valence electrons. The van der Waals surface area contributed by atoms with Crippen molar-refractivity contribution in [1.29, 1.82) is 0 Å². The number of carboxylic acid groups (broad SMARTS) is 1. The molecule has 0 aliphatic rings. The van der Waals surface area contributed by atoms with Crippen molar-refractivity contribution in [2.45, 2.75) is 26.3 Å². The lowest BCUT2D eigenvalue weighted by atomic mass is 10.0. The van der Waals surface area contributed by atoms with E-state index in [0.29, 0.717) is 40.5 Å². The van der Waals surface area contributed by atoms with E-state index in [1.807, 2.05) is 10.6 Å². The molecule has 1 amide bonds. The van der Waals surface area contributed by atoms with Crippen LogP contribution in [0.3, 0.4) is 0 Å². The first-order chi connectivity index (χ1) is 14.5. The topological polar surface area (TPSA) is 104 Å². The highest BCUT2D eigenvalue weighted by Gasteiger charge is 2.20. The minimum atomic E-state index is -1.01. The van der Waals surface area contributed by atoms with E-state index in [9.17, 15) is 19.8 Å². The Morgan fingerprint density at radius 2 is 1.80 bits per heavy atom. The van der Waals surface area contributed by atoms with Crippen LogP contribution in [0.5, 0.6) is 5.75 Å². The summed E-state index contributed by atoms with van der Waals surface area (Å²) in [5.74, 6) is -1.03. The highest BCUT2D eigenvalue weighted by molar-refractivity contribution is 6.18. The number of nitrogens with zero attached hydrogens (tertiary/aromatic N) is 2. The lowest BCUT2D eigenvalue weighted by molar-refractivity contribution is -0.136. The van der Waals surface area contributed by atoms with Gasteiger partial charge in [0.1, 0.15) is 5.75 Å². The highest BCUT2D eigenvalue weighted by atomic mass is 16.4. The zero-order chi connectivity index (χ0) is 21.3. The number of carbonyl (C=O) groups excluding carboxylic acids is 1. The maximum absolute atomic E-state index is 11.3.